The van der Waals surface area contributed by atoms with E-state index in [1.165, 1.54) is 11.8 Å². The molecule has 0 radical (unpaired) electrons. The van der Waals surface area contributed by atoms with Gasteiger partial charge in [-0.05, 0) is 19.8 Å². The predicted molar refractivity (Wildman–Crippen MR) is 53.0 cm³/mol. The zero-order valence-corrected chi connectivity index (χ0v) is 8.64. The second-order valence-corrected chi connectivity index (χ2v) is 5.05. The lowest BCUT2D eigenvalue weighted by atomic mass is 10.1. The lowest BCUT2D eigenvalue weighted by Gasteiger charge is -2.22. The Balaban J connectivity index is 2.28. The zero-order valence-electron chi connectivity index (χ0n) is 7.82. The average Bonchev–Trinajstić information content (AvgIpc) is 2.48. The number of aliphatic hydroxyl groups is 1. The van der Waals surface area contributed by atoms with E-state index in [2.05, 4.69) is 0 Å². The first-order valence-electron chi connectivity index (χ1n) is 4.60. The Morgan fingerprint density at radius 3 is 2.54 bits per heavy atom. The molecular formula is C9H16O3S. The van der Waals surface area contributed by atoms with Crippen molar-refractivity contribution in [3.05, 3.63) is 0 Å². The second kappa shape index (κ2) is 4.33. The summed E-state index contributed by atoms with van der Waals surface area (Å²) < 4.78 is 0. The van der Waals surface area contributed by atoms with Crippen LogP contribution in [0, 0.1) is 0 Å². The van der Waals surface area contributed by atoms with Crippen LogP contribution in [0.3, 0.4) is 0 Å². The SMILES string of the molecule is CC(SCC1(O)CCCC1)C(=O)O. The molecule has 13 heavy (non-hydrogen) atoms. The van der Waals surface area contributed by atoms with Crippen molar-refractivity contribution in [2.24, 2.45) is 0 Å². The molecule has 0 aromatic heterocycles. The maximum Gasteiger partial charge on any atom is 0.316 e. The third kappa shape index (κ3) is 3.19. The normalized spacial score (nSPS) is 22.9. The molecule has 1 saturated carbocycles. The number of thioether (sulfide) groups is 1. The Morgan fingerprint density at radius 2 is 2.08 bits per heavy atom. The number of rotatable bonds is 4. The highest BCUT2D eigenvalue weighted by molar-refractivity contribution is 8.00. The van der Waals surface area contributed by atoms with Crippen LogP contribution in [0.4, 0.5) is 0 Å². The lowest BCUT2D eigenvalue weighted by Crippen LogP contribution is -2.29. The van der Waals surface area contributed by atoms with Gasteiger partial charge in [-0.15, -0.1) is 11.8 Å². The molecule has 0 aliphatic heterocycles. The van der Waals surface area contributed by atoms with E-state index >= 15 is 0 Å². The molecule has 0 amide bonds. The van der Waals surface area contributed by atoms with Gasteiger partial charge in [0.2, 0.25) is 0 Å². The monoisotopic (exact) mass is 204 g/mol. The van der Waals surface area contributed by atoms with E-state index in [1.807, 2.05) is 0 Å². The molecule has 3 nitrogen and oxygen atoms in total. The van der Waals surface area contributed by atoms with Crippen LogP contribution >= 0.6 is 11.8 Å². The molecule has 4 heteroatoms. The Bertz CT molecular complexity index is 187. The number of carboxylic acids is 1. The van der Waals surface area contributed by atoms with Crippen molar-refractivity contribution in [3.8, 4) is 0 Å². The molecule has 0 spiro atoms. The summed E-state index contributed by atoms with van der Waals surface area (Å²) in [5, 5.41) is 18.1. The van der Waals surface area contributed by atoms with E-state index in [-0.39, 0.29) is 0 Å². The van der Waals surface area contributed by atoms with Gasteiger partial charge >= 0.3 is 5.97 Å². The van der Waals surface area contributed by atoms with Gasteiger partial charge < -0.3 is 10.2 Å². The van der Waals surface area contributed by atoms with Crippen LogP contribution in [0.15, 0.2) is 0 Å². The third-order valence-corrected chi connectivity index (χ3v) is 3.89. The van der Waals surface area contributed by atoms with Crippen LogP contribution in [0.2, 0.25) is 0 Å². The van der Waals surface area contributed by atoms with E-state index in [0.29, 0.717) is 5.75 Å². The summed E-state index contributed by atoms with van der Waals surface area (Å²) >= 11 is 1.33. The minimum absolute atomic E-state index is 0.412. The minimum Gasteiger partial charge on any atom is -0.480 e. The molecule has 1 aliphatic rings. The summed E-state index contributed by atoms with van der Waals surface area (Å²) in [6.45, 7) is 1.66. The molecule has 1 atom stereocenters. The maximum absolute atomic E-state index is 10.5. The molecular weight excluding hydrogens is 188 g/mol. The fraction of sp³-hybridized carbons (Fsp3) is 0.889. The van der Waals surface area contributed by atoms with E-state index in [4.69, 9.17) is 5.11 Å². The quantitative estimate of drug-likeness (QED) is 0.728. The summed E-state index contributed by atoms with van der Waals surface area (Å²) in [6.07, 6.45) is 3.79. The average molecular weight is 204 g/mol. The van der Waals surface area contributed by atoms with E-state index in [9.17, 15) is 9.90 Å². The molecule has 0 aromatic rings. The summed E-state index contributed by atoms with van der Waals surface area (Å²) in [5.41, 5.74) is -0.589. The molecule has 0 bridgehead atoms. The van der Waals surface area contributed by atoms with Gasteiger partial charge in [0.25, 0.3) is 0 Å². The van der Waals surface area contributed by atoms with Crippen molar-refractivity contribution in [1.82, 2.24) is 0 Å². The van der Waals surface area contributed by atoms with Crippen molar-refractivity contribution in [3.63, 3.8) is 0 Å². The van der Waals surface area contributed by atoms with Gasteiger partial charge in [-0.25, -0.2) is 0 Å². The van der Waals surface area contributed by atoms with Crippen LogP contribution in [-0.2, 0) is 4.79 Å². The number of hydrogen-bond donors (Lipinski definition) is 2. The van der Waals surface area contributed by atoms with Crippen LogP contribution in [0.25, 0.3) is 0 Å². The van der Waals surface area contributed by atoms with Crippen LogP contribution < -0.4 is 0 Å². The van der Waals surface area contributed by atoms with Crippen LogP contribution in [-0.4, -0.2) is 32.8 Å². The minimum atomic E-state index is -0.799. The summed E-state index contributed by atoms with van der Waals surface area (Å²) in [4.78, 5) is 10.5. The first-order valence-corrected chi connectivity index (χ1v) is 5.65. The number of hydrogen-bond acceptors (Lipinski definition) is 3. The Hall–Kier alpha value is -0.220. The molecule has 1 aliphatic carbocycles. The largest absolute Gasteiger partial charge is 0.480 e. The molecule has 1 fully saturated rings. The van der Waals surface area contributed by atoms with Gasteiger partial charge in [0.1, 0.15) is 0 Å². The van der Waals surface area contributed by atoms with Crippen LogP contribution in [0.5, 0.6) is 0 Å². The van der Waals surface area contributed by atoms with Gasteiger partial charge in [0.05, 0.1) is 10.9 Å². The van der Waals surface area contributed by atoms with E-state index < -0.39 is 16.8 Å². The predicted octanol–water partition coefficient (Wildman–Crippen LogP) is 1.50. The number of aliphatic carboxylic acids is 1. The summed E-state index contributed by atoms with van der Waals surface area (Å²) in [6, 6.07) is 0. The van der Waals surface area contributed by atoms with Gasteiger partial charge in [-0.2, -0.15) is 0 Å². The van der Waals surface area contributed by atoms with Gasteiger partial charge in [-0.1, -0.05) is 12.8 Å². The van der Waals surface area contributed by atoms with E-state index in [1.54, 1.807) is 6.92 Å². The molecule has 0 saturated heterocycles. The summed E-state index contributed by atoms with van der Waals surface area (Å²) in [7, 11) is 0. The van der Waals surface area contributed by atoms with Crippen molar-refractivity contribution in [2.45, 2.75) is 43.5 Å². The molecule has 0 heterocycles. The smallest absolute Gasteiger partial charge is 0.316 e. The second-order valence-electron chi connectivity index (χ2n) is 3.72. The maximum atomic E-state index is 10.5. The van der Waals surface area contributed by atoms with E-state index in [0.717, 1.165) is 25.7 Å². The number of carboxylic acid groups (broad SMARTS) is 1. The fourth-order valence-corrected chi connectivity index (χ4v) is 2.52. The topological polar surface area (TPSA) is 57.5 Å². The van der Waals surface area contributed by atoms with Crippen molar-refractivity contribution in [1.29, 1.82) is 0 Å². The summed E-state index contributed by atoms with van der Waals surface area (Å²) in [5.74, 6) is -0.243. The van der Waals surface area contributed by atoms with Crippen molar-refractivity contribution in [2.75, 3.05) is 5.75 Å². The van der Waals surface area contributed by atoms with Gasteiger partial charge in [0, 0.05) is 5.75 Å². The zero-order chi connectivity index (χ0) is 9.90. The molecule has 1 rings (SSSR count). The molecule has 1 unspecified atom stereocenters. The molecule has 76 valence electrons. The van der Waals surface area contributed by atoms with Crippen LogP contribution in [0.1, 0.15) is 32.6 Å². The standard InChI is InChI=1S/C9H16O3S/c1-7(8(10)11)13-6-9(12)4-2-3-5-9/h7,12H,2-6H2,1H3,(H,10,11). The Morgan fingerprint density at radius 1 is 1.54 bits per heavy atom. The Labute approximate surface area is 82.5 Å². The fourth-order valence-electron chi connectivity index (χ4n) is 1.53. The molecule has 2 N–H and O–H groups in total. The molecule has 0 aromatic carbocycles. The lowest BCUT2D eigenvalue weighted by molar-refractivity contribution is -0.136. The first-order chi connectivity index (χ1) is 6.03. The van der Waals surface area contributed by atoms with Gasteiger partial charge in [0.15, 0.2) is 0 Å². The highest BCUT2D eigenvalue weighted by Gasteiger charge is 2.32. The third-order valence-electron chi connectivity index (χ3n) is 2.48. The number of carbonyl (C=O) groups is 1. The van der Waals surface area contributed by atoms with Crippen molar-refractivity contribution >= 4 is 17.7 Å². The highest BCUT2D eigenvalue weighted by atomic mass is 32.2. The van der Waals surface area contributed by atoms with Crippen molar-refractivity contribution < 1.29 is 15.0 Å². The van der Waals surface area contributed by atoms with Gasteiger partial charge in [-0.3, -0.25) is 4.79 Å². The highest BCUT2D eigenvalue weighted by Crippen LogP contribution is 2.33. The Kier molecular flexibility index (Phi) is 3.62. The first kappa shape index (κ1) is 10.9.